The van der Waals surface area contributed by atoms with Crippen LogP contribution in [0.2, 0.25) is 0 Å². The fourth-order valence-corrected chi connectivity index (χ4v) is 3.46. The Labute approximate surface area is 137 Å². The molecule has 1 aliphatic rings. The topological polar surface area (TPSA) is 51.0 Å². The van der Waals surface area contributed by atoms with Crippen LogP contribution in [0, 0.1) is 0 Å². The number of thioether (sulfide) groups is 1. The molecule has 0 amide bonds. The summed E-state index contributed by atoms with van der Waals surface area (Å²) in [4.78, 5) is 5.77. The van der Waals surface area contributed by atoms with Crippen LogP contribution in [0.4, 0.5) is 0 Å². The molecule has 1 N–H and O–H groups in total. The van der Waals surface area contributed by atoms with Gasteiger partial charge in [-0.3, -0.25) is 0 Å². The Morgan fingerprint density at radius 2 is 2.14 bits per heavy atom. The van der Waals surface area contributed by atoms with Gasteiger partial charge in [-0.05, 0) is 57.0 Å². The third-order valence-corrected chi connectivity index (χ3v) is 5.28. The van der Waals surface area contributed by atoms with Crippen molar-refractivity contribution in [1.29, 1.82) is 0 Å². The van der Waals surface area contributed by atoms with Gasteiger partial charge in [0, 0.05) is 9.37 Å². The minimum Gasteiger partial charge on any atom is -0.337 e. The van der Waals surface area contributed by atoms with Gasteiger partial charge in [0.15, 0.2) is 5.82 Å². The van der Waals surface area contributed by atoms with Gasteiger partial charge in [-0.25, -0.2) is 0 Å². The highest BCUT2D eigenvalue weighted by atomic mass is 79.9. The van der Waals surface area contributed by atoms with Gasteiger partial charge in [0.05, 0.1) is 11.3 Å². The Kier molecular flexibility index (Phi) is 4.66. The quantitative estimate of drug-likeness (QED) is 0.823. The molecule has 6 heteroatoms. The van der Waals surface area contributed by atoms with E-state index in [4.69, 9.17) is 4.52 Å². The molecule has 2 aromatic rings. The molecule has 2 heterocycles. The smallest absolute Gasteiger partial charge is 0.246 e. The predicted molar refractivity (Wildman–Crippen MR) is 87.2 cm³/mol. The van der Waals surface area contributed by atoms with Crippen LogP contribution in [0.3, 0.4) is 0 Å². The number of halogens is 1. The molecule has 1 aliphatic heterocycles. The van der Waals surface area contributed by atoms with E-state index in [0.29, 0.717) is 5.89 Å². The number of piperidine rings is 1. The van der Waals surface area contributed by atoms with Crippen LogP contribution >= 0.6 is 27.7 Å². The second-order valence-corrected chi connectivity index (χ2v) is 7.44. The number of hydrogen-bond acceptors (Lipinski definition) is 5. The minimum absolute atomic E-state index is 0.161. The molecule has 0 bridgehead atoms. The first-order valence-electron chi connectivity index (χ1n) is 7.12. The summed E-state index contributed by atoms with van der Waals surface area (Å²) in [5.74, 6) is 2.20. The third-order valence-electron chi connectivity index (χ3n) is 3.74. The predicted octanol–water partition coefficient (Wildman–Crippen LogP) is 4.11. The molecular weight excluding hydrogens is 350 g/mol. The minimum atomic E-state index is -0.161. The summed E-state index contributed by atoms with van der Waals surface area (Å²) in [5, 5.41) is 7.61. The van der Waals surface area contributed by atoms with E-state index in [9.17, 15) is 0 Å². The van der Waals surface area contributed by atoms with Crippen molar-refractivity contribution in [3.8, 4) is 0 Å². The van der Waals surface area contributed by atoms with Crippen molar-refractivity contribution in [2.45, 2.75) is 42.4 Å². The zero-order chi connectivity index (χ0) is 14.7. The molecule has 0 aliphatic carbocycles. The van der Waals surface area contributed by atoms with Crippen molar-refractivity contribution >= 4 is 27.7 Å². The van der Waals surface area contributed by atoms with E-state index in [2.05, 4.69) is 50.4 Å². The first-order valence-corrected chi connectivity index (χ1v) is 8.90. The van der Waals surface area contributed by atoms with Gasteiger partial charge in [0.25, 0.3) is 0 Å². The van der Waals surface area contributed by atoms with Crippen molar-refractivity contribution in [1.82, 2.24) is 15.5 Å². The largest absolute Gasteiger partial charge is 0.337 e. The molecule has 1 saturated heterocycles. The van der Waals surface area contributed by atoms with Gasteiger partial charge < -0.3 is 9.84 Å². The van der Waals surface area contributed by atoms with Crippen LogP contribution in [-0.4, -0.2) is 16.7 Å². The summed E-state index contributed by atoms with van der Waals surface area (Å²) in [5.41, 5.74) is -0.161. The second kappa shape index (κ2) is 6.50. The highest BCUT2D eigenvalue weighted by Crippen LogP contribution is 2.29. The molecule has 0 radical (unpaired) electrons. The second-order valence-electron chi connectivity index (χ2n) is 5.47. The molecule has 112 valence electrons. The van der Waals surface area contributed by atoms with Crippen LogP contribution in [0.25, 0.3) is 0 Å². The molecule has 0 saturated carbocycles. The van der Waals surface area contributed by atoms with Gasteiger partial charge in [0.2, 0.25) is 5.89 Å². The monoisotopic (exact) mass is 367 g/mol. The lowest BCUT2D eigenvalue weighted by molar-refractivity contribution is 0.206. The highest BCUT2D eigenvalue weighted by molar-refractivity contribution is 9.10. The maximum atomic E-state index is 5.47. The summed E-state index contributed by atoms with van der Waals surface area (Å²) in [7, 11) is 0. The summed E-state index contributed by atoms with van der Waals surface area (Å²) in [6.07, 6.45) is 3.47. The molecule has 1 atom stereocenters. The van der Waals surface area contributed by atoms with Crippen LogP contribution in [0.5, 0.6) is 0 Å². The number of nitrogens with zero attached hydrogens (tertiary/aromatic N) is 2. The van der Waals surface area contributed by atoms with Crippen molar-refractivity contribution in [3.05, 3.63) is 40.5 Å². The standard InChI is InChI=1S/C15H18BrN3OS/c1-15(8-2-3-9-17-15)14-18-13(19-20-14)10-21-12-6-4-11(16)5-7-12/h4-7,17H,2-3,8-10H2,1H3. The van der Waals surface area contributed by atoms with Crippen LogP contribution in [0.15, 0.2) is 38.2 Å². The Hall–Kier alpha value is -0.850. The highest BCUT2D eigenvalue weighted by Gasteiger charge is 2.34. The number of hydrogen-bond donors (Lipinski definition) is 1. The van der Waals surface area contributed by atoms with Crippen LogP contribution < -0.4 is 5.32 Å². The Morgan fingerprint density at radius 3 is 2.86 bits per heavy atom. The Bertz CT molecular complexity index is 593. The van der Waals surface area contributed by atoms with Gasteiger partial charge in [-0.2, -0.15) is 4.98 Å². The molecule has 0 spiro atoms. The lowest BCUT2D eigenvalue weighted by atomic mass is 9.91. The van der Waals surface area contributed by atoms with E-state index < -0.39 is 0 Å². The Morgan fingerprint density at radius 1 is 1.33 bits per heavy atom. The molecule has 1 fully saturated rings. The molecular formula is C15H18BrN3OS. The zero-order valence-electron chi connectivity index (χ0n) is 11.9. The summed E-state index contributed by atoms with van der Waals surface area (Å²) >= 11 is 5.15. The van der Waals surface area contributed by atoms with Crippen molar-refractivity contribution in [3.63, 3.8) is 0 Å². The molecule has 1 unspecified atom stereocenters. The van der Waals surface area contributed by atoms with Gasteiger partial charge >= 0.3 is 0 Å². The maximum absolute atomic E-state index is 5.47. The molecule has 1 aromatic heterocycles. The molecule has 21 heavy (non-hydrogen) atoms. The fraction of sp³-hybridized carbons (Fsp3) is 0.467. The van der Waals surface area contributed by atoms with Gasteiger partial charge in [-0.1, -0.05) is 21.1 Å². The fourth-order valence-electron chi connectivity index (χ4n) is 2.45. The first-order chi connectivity index (χ1) is 10.2. The van der Waals surface area contributed by atoms with E-state index in [0.717, 1.165) is 29.0 Å². The first kappa shape index (κ1) is 15.1. The maximum Gasteiger partial charge on any atom is 0.246 e. The van der Waals surface area contributed by atoms with Crippen molar-refractivity contribution in [2.75, 3.05) is 6.54 Å². The van der Waals surface area contributed by atoms with E-state index in [1.165, 1.54) is 17.7 Å². The average Bonchev–Trinajstić information content (AvgIpc) is 2.97. The Balaban J connectivity index is 1.63. The summed E-state index contributed by atoms with van der Waals surface area (Å²) < 4.78 is 6.56. The average molecular weight is 368 g/mol. The lowest BCUT2D eigenvalue weighted by Crippen LogP contribution is -2.43. The normalized spacial score (nSPS) is 22.4. The molecule has 1 aromatic carbocycles. The van der Waals surface area contributed by atoms with Crippen molar-refractivity contribution in [2.24, 2.45) is 0 Å². The summed E-state index contributed by atoms with van der Waals surface area (Å²) in [6, 6.07) is 8.24. The number of benzene rings is 1. The molecule has 4 nitrogen and oxygen atoms in total. The number of aromatic nitrogens is 2. The zero-order valence-corrected chi connectivity index (χ0v) is 14.3. The third kappa shape index (κ3) is 3.67. The SMILES string of the molecule is CC1(c2nc(CSc3ccc(Br)cc3)no2)CCCCN1. The van der Waals surface area contributed by atoms with Gasteiger partial charge in [-0.15, -0.1) is 11.8 Å². The van der Waals surface area contributed by atoms with Crippen molar-refractivity contribution < 1.29 is 4.52 Å². The van der Waals surface area contributed by atoms with Gasteiger partial charge in [0.1, 0.15) is 0 Å². The van der Waals surface area contributed by atoms with Crippen LogP contribution in [-0.2, 0) is 11.3 Å². The number of nitrogens with one attached hydrogen (secondary N) is 1. The van der Waals surface area contributed by atoms with E-state index in [-0.39, 0.29) is 5.54 Å². The van der Waals surface area contributed by atoms with E-state index >= 15 is 0 Å². The van der Waals surface area contributed by atoms with Crippen LogP contribution in [0.1, 0.15) is 37.9 Å². The van der Waals surface area contributed by atoms with E-state index in [1.807, 2.05) is 12.1 Å². The summed E-state index contributed by atoms with van der Waals surface area (Å²) in [6.45, 7) is 3.16. The van der Waals surface area contributed by atoms with E-state index in [1.54, 1.807) is 11.8 Å². The molecule has 3 rings (SSSR count). The lowest BCUT2D eigenvalue weighted by Gasteiger charge is -2.31. The number of rotatable bonds is 4.